The first kappa shape index (κ1) is 17.1. The zero-order valence-electron chi connectivity index (χ0n) is 15.1. The number of carbonyl (C=O) groups excluding carboxylic acids is 1. The smallest absolute Gasteiger partial charge is 0.253 e. The highest BCUT2D eigenvalue weighted by atomic mass is 16.5. The summed E-state index contributed by atoms with van der Waals surface area (Å²) in [7, 11) is 0. The Morgan fingerprint density at radius 2 is 1.88 bits per heavy atom. The van der Waals surface area contributed by atoms with Crippen molar-refractivity contribution >= 4 is 5.91 Å². The van der Waals surface area contributed by atoms with Crippen LogP contribution in [0.5, 0.6) is 5.75 Å². The second-order valence-corrected chi connectivity index (χ2v) is 7.52. The van der Waals surface area contributed by atoms with Gasteiger partial charge in [-0.1, -0.05) is 25.3 Å². The van der Waals surface area contributed by atoms with Gasteiger partial charge in [-0.15, -0.1) is 0 Å². The van der Waals surface area contributed by atoms with Crippen molar-refractivity contribution in [1.29, 1.82) is 0 Å². The van der Waals surface area contributed by atoms with E-state index in [-0.39, 0.29) is 5.91 Å². The largest absolute Gasteiger partial charge is 0.489 e. The molecule has 0 radical (unpaired) electrons. The van der Waals surface area contributed by atoms with Gasteiger partial charge in [0.15, 0.2) is 0 Å². The lowest BCUT2D eigenvalue weighted by molar-refractivity contribution is 0.0521. The van der Waals surface area contributed by atoms with Gasteiger partial charge in [-0.2, -0.15) is 0 Å². The van der Waals surface area contributed by atoms with Gasteiger partial charge >= 0.3 is 0 Å². The maximum absolute atomic E-state index is 12.8. The number of hydrogen-bond donors (Lipinski definition) is 0. The number of hydrogen-bond acceptors (Lipinski definition) is 3. The van der Waals surface area contributed by atoms with Crippen molar-refractivity contribution in [1.82, 2.24) is 9.88 Å². The number of ether oxygens (including phenoxy) is 1. The molecule has 1 aromatic heterocycles. The van der Waals surface area contributed by atoms with Crippen molar-refractivity contribution in [3.8, 4) is 5.75 Å². The SMILES string of the molecule is O=C(c1ccc(OCc2cccnc2)cc1)N1CC[C@H]2CCCC[C@@H]2C1. The normalized spacial score (nSPS) is 22.5. The second-order valence-electron chi connectivity index (χ2n) is 7.52. The van der Waals surface area contributed by atoms with Crippen LogP contribution >= 0.6 is 0 Å². The fourth-order valence-electron chi connectivity index (χ4n) is 4.31. The third kappa shape index (κ3) is 3.90. The number of benzene rings is 1. The molecule has 0 spiro atoms. The van der Waals surface area contributed by atoms with E-state index in [2.05, 4.69) is 9.88 Å². The van der Waals surface area contributed by atoms with Crippen molar-refractivity contribution in [2.24, 2.45) is 11.8 Å². The second kappa shape index (κ2) is 7.90. The first-order valence-electron chi connectivity index (χ1n) is 9.70. The number of likely N-dealkylation sites (tertiary alicyclic amines) is 1. The van der Waals surface area contributed by atoms with E-state index in [1.54, 1.807) is 12.4 Å². The summed E-state index contributed by atoms with van der Waals surface area (Å²) in [6.07, 6.45) is 10.1. The Bertz CT molecular complexity index is 730. The van der Waals surface area contributed by atoms with Crippen LogP contribution in [-0.4, -0.2) is 28.9 Å². The number of aromatic nitrogens is 1. The van der Waals surface area contributed by atoms with Crippen molar-refractivity contribution in [2.75, 3.05) is 13.1 Å². The van der Waals surface area contributed by atoms with Gasteiger partial charge in [0.05, 0.1) is 0 Å². The van der Waals surface area contributed by atoms with Crippen LogP contribution in [0.15, 0.2) is 48.8 Å². The summed E-state index contributed by atoms with van der Waals surface area (Å²) < 4.78 is 5.78. The maximum atomic E-state index is 12.8. The topological polar surface area (TPSA) is 42.4 Å². The molecule has 2 aliphatic rings. The van der Waals surface area contributed by atoms with Crippen LogP contribution < -0.4 is 4.74 Å². The van der Waals surface area contributed by atoms with Crippen molar-refractivity contribution in [3.05, 3.63) is 59.9 Å². The first-order chi connectivity index (χ1) is 12.8. The molecular weight excluding hydrogens is 324 g/mol. The molecular formula is C22H26N2O2. The molecule has 0 bridgehead atoms. The zero-order valence-corrected chi connectivity index (χ0v) is 15.1. The summed E-state index contributed by atoms with van der Waals surface area (Å²) in [6, 6.07) is 11.4. The minimum atomic E-state index is 0.160. The van der Waals surface area contributed by atoms with Crippen LogP contribution in [0.2, 0.25) is 0 Å². The summed E-state index contributed by atoms with van der Waals surface area (Å²) in [5, 5.41) is 0. The summed E-state index contributed by atoms with van der Waals surface area (Å²) in [4.78, 5) is 19.0. The molecule has 0 unspecified atom stereocenters. The Morgan fingerprint density at radius 3 is 2.65 bits per heavy atom. The standard InChI is InChI=1S/C22H26N2O2/c25-22(24-13-11-18-5-1-2-6-20(18)15-24)19-7-9-21(10-8-19)26-16-17-4-3-12-23-14-17/h3-4,7-10,12,14,18,20H,1-2,5-6,11,13,15-16H2/t18-,20-/m1/s1. The van der Waals surface area contributed by atoms with E-state index in [1.165, 1.54) is 32.1 Å². The zero-order chi connectivity index (χ0) is 17.8. The third-order valence-electron chi connectivity index (χ3n) is 5.81. The molecule has 2 heterocycles. The molecule has 136 valence electrons. The first-order valence-corrected chi connectivity index (χ1v) is 9.70. The molecule has 4 heteroatoms. The van der Waals surface area contributed by atoms with Gasteiger partial charge in [0, 0.05) is 36.6 Å². The van der Waals surface area contributed by atoms with E-state index in [0.717, 1.165) is 35.9 Å². The molecule has 1 amide bonds. The minimum absolute atomic E-state index is 0.160. The number of fused-ring (bicyclic) bond motifs is 1. The lowest BCUT2D eigenvalue weighted by atomic mass is 9.75. The molecule has 1 aliphatic heterocycles. The van der Waals surface area contributed by atoms with Gasteiger partial charge in [0.1, 0.15) is 12.4 Å². The number of nitrogens with zero attached hydrogens (tertiary/aromatic N) is 2. The molecule has 1 aromatic carbocycles. The number of amides is 1. The lowest BCUT2D eigenvalue weighted by Gasteiger charge is -2.41. The molecule has 2 atom stereocenters. The predicted molar refractivity (Wildman–Crippen MR) is 101 cm³/mol. The fraction of sp³-hybridized carbons (Fsp3) is 0.455. The van der Waals surface area contributed by atoms with Crippen LogP contribution in [0.25, 0.3) is 0 Å². The molecule has 2 aromatic rings. The molecule has 4 nitrogen and oxygen atoms in total. The molecule has 26 heavy (non-hydrogen) atoms. The van der Waals surface area contributed by atoms with E-state index in [0.29, 0.717) is 12.5 Å². The van der Waals surface area contributed by atoms with Crippen LogP contribution in [0.1, 0.15) is 48.0 Å². The molecule has 4 rings (SSSR count). The molecule has 1 saturated carbocycles. The number of rotatable bonds is 4. The van der Waals surface area contributed by atoms with Gasteiger partial charge in [-0.05, 0) is 55.0 Å². The Labute approximate surface area is 155 Å². The van der Waals surface area contributed by atoms with E-state index >= 15 is 0 Å². The Morgan fingerprint density at radius 1 is 1.08 bits per heavy atom. The highest BCUT2D eigenvalue weighted by Gasteiger charge is 2.33. The molecule has 2 fully saturated rings. The average Bonchev–Trinajstić information content (AvgIpc) is 2.72. The van der Waals surface area contributed by atoms with Crippen molar-refractivity contribution in [2.45, 2.75) is 38.7 Å². The molecule has 1 saturated heterocycles. The van der Waals surface area contributed by atoms with Gasteiger partial charge in [0.2, 0.25) is 0 Å². The van der Waals surface area contributed by atoms with Crippen LogP contribution in [-0.2, 0) is 6.61 Å². The van der Waals surface area contributed by atoms with Crippen LogP contribution in [0.4, 0.5) is 0 Å². The van der Waals surface area contributed by atoms with E-state index < -0.39 is 0 Å². The van der Waals surface area contributed by atoms with Crippen LogP contribution in [0, 0.1) is 11.8 Å². The summed E-state index contributed by atoms with van der Waals surface area (Å²) in [5.41, 5.74) is 1.79. The molecule has 1 aliphatic carbocycles. The van der Waals surface area contributed by atoms with Crippen LogP contribution in [0.3, 0.4) is 0 Å². The highest BCUT2D eigenvalue weighted by molar-refractivity contribution is 5.94. The van der Waals surface area contributed by atoms with E-state index in [4.69, 9.17) is 4.74 Å². The summed E-state index contributed by atoms with van der Waals surface area (Å²) >= 11 is 0. The maximum Gasteiger partial charge on any atom is 0.253 e. The van der Waals surface area contributed by atoms with Gasteiger partial charge in [0.25, 0.3) is 5.91 Å². The highest BCUT2D eigenvalue weighted by Crippen LogP contribution is 2.36. The number of carbonyl (C=O) groups is 1. The van der Waals surface area contributed by atoms with E-state index in [1.807, 2.05) is 36.4 Å². The average molecular weight is 350 g/mol. The van der Waals surface area contributed by atoms with Gasteiger partial charge in [-0.25, -0.2) is 0 Å². The van der Waals surface area contributed by atoms with Gasteiger partial charge < -0.3 is 9.64 Å². The minimum Gasteiger partial charge on any atom is -0.489 e. The summed E-state index contributed by atoms with van der Waals surface area (Å²) in [5.74, 6) is 2.49. The Hall–Kier alpha value is -2.36. The number of pyridine rings is 1. The Balaban J connectivity index is 1.35. The molecule has 0 N–H and O–H groups in total. The lowest BCUT2D eigenvalue weighted by Crippen LogP contribution is -2.44. The quantitative estimate of drug-likeness (QED) is 0.825. The predicted octanol–water partition coefficient (Wildman–Crippen LogP) is 4.31. The summed E-state index contributed by atoms with van der Waals surface area (Å²) in [6.45, 7) is 2.32. The van der Waals surface area contributed by atoms with Crippen molar-refractivity contribution < 1.29 is 9.53 Å². The van der Waals surface area contributed by atoms with E-state index in [9.17, 15) is 4.79 Å². The van der Waals surface area contributed by atoms with Gasteiger partial charge in [-0.3, -0.25) is 9.78 Å². The fourth-order valence-corrected chi connectivity index (χ4v) is 4.31. The monoisotopic (exact) mass is 350 g/mol. The van der Waals surface area contributed by atoms with Crippen molar-refractivity contribution in [3.63, 3.8) is 0 Å². The number of piperidine rings is 1. The Kier molecular flexibility index (Phi) is 5.19. The third-order valence-corrected chi connectivity index (χ3v) is 5.81.